The van der Waals surface area contributed by atoms with Gasteiger partial charge in [0.1, 0.15) is 12.4 Å². The fourth-order valence-electron chi connectivity index (χ4n) is 2.14. The molecule has 0 bridgehead atoms. The summed E-state index contributed by atoms with van der Waals surface area (Å²) in [5.74, 6) is 0.519. The lowest BCUT2D eigenvalue weighted by Gasteiger charge is -2.12. The summed E-state index contributed by atoms with van der Waals surface area (Å²) in [5.41, 5.74) is -0.280. The van der Waals surface area contributed by atoms with Gasteiger partial charge in [0.05, 0.1) is 17.2 Å². The molecule has 0 aliphatic rings. The average molecular weight is 375 g/mol. The van der Waals surface area contributed by atoms with Gasteiger partial charge < -0.3 is 9.47 Å². The summed E-state index contributed by atoms with van der Waals surface area (Å²) in [6.45, 7) is 2.42. The van der Waals surface area contributed by atoms with Crippen LogP contribution < -0.4 is 9.46 Å². The normalized spacial score (nSPS) is 11.8. The Morgan fingerprint density at radius 2 is 2.04 bits per heavy atom. The van der Waals surface area contributed by atoms with Crippen LogP contribution in [0.5, 0.6) is 5.75 Å². The molecule has 1 N–H and O–H groups in total. The van der Waals surface area contributed by atoms with Gasteiger partial charge >= 0.3 is 0 Å². The zero-order valence-corrected chi connectivity index (χ0v) is 14.8. The summed E-state index contributed by atoms with van der Waals surface area (Å²) < 4.78 is 64.4. The molecule has 2 rings (SSSR count). The van der Waals surface area contributed by atoms with Crippen molar-refractivity contribution in [2.24, 2.45) is 7.05 Å². The molecular weight excluding hydrogens is 356 g/mol. The zero-order chi connectivity index (χ0) is 18.6. The number of aryl methyl sites for hydroxylation is 2. The van der Waals surface area contributed by atoms with E-state index in [-0.39, 0.29) is 10.6 Å². The third-order valence-corrected chi connectivity index (χ3v) is 4.67. The minimum Gasteiger partial charge on any atom is -0.491 e. The first-order valence-corrected chi connectivity index (χ1v) is 8.80. The van der Waals surface area contributed by atoms with Crippen molar-refractivity contribution in [1.82, 2.24) is 9.78 Å². The summed E-state index contributed by atoms with van der Waals surface area (Å²) >= 11 is 0. The van der Waals surface area contributed by atoms with E-state index in [1.165, 1.54) is 31.4 Å². The van der Waals surface area contributed by atoms with Gasteiger partial charge in [-0.2, -0.15) is 5.10 Å². The molecular formula is C15H19F2N3O4S. The highest BCUT2D eigenvalue weighted by Gasteiger charge is 2.23. The molecule has 0 aliphatic carbocycles. The number of anilines is 1. The molecule has 2 aromatic rings. The lowest BCUT2D eigenvalue weighted by molar-refractivity contribution is 0.146. The third kappa shape index (κ3) is 4.67. The molecule has 10 heteroatoms. The first-order chi connectivity index (χ1) is 11.7. The van der Waals surface area contributed by atoms with Crippen LogP contribution in [0.2, 0.25) is 0 Å². The Morgan fingerprint density at radius 1 is 1.32 bits per heavy atom. The number of nitrogens with zero attached hydrogens (tertiary/aromatic N) is 2. The number of nitrogens with one attached hydrogen (secondary N) is 1. The number of benzene rings is 1. The highest BCUT2D eigenvalue weighted by atomic mass is 32.2. The molecule has 25 heavy (non-hydrogen) atoms. The first kappa shape index (κ1) is 19.1. The number of hydrogen-bond acceptors (Lipinski definition) is 5. The maximum Gasteiger partial charge on any atom is 0.284 e. The van der Waals surface area contributed by atoms with Crippen LogP contribution in [0, 0.1) is 6.92 Å². The number of halogens is 2. The number of hydrogen-bond donors (Lipinski definition) is 1. The molecule has 7 nitrogen and oxygen atoms in total. The predicted octanol–water partition coefficient (Wildman–Crippen LogP) is 2.49. The van der Waals surface area contributed by atoms with Crippen LogP contribution >= 0.6 is 0 Å². The number of aromatic nitrogens is 2. The van der Waals surface area contributed by atoms with Gasteiger partial charge in [-0.15, -0.1) is 0 Å². The van der Waals surface area contributed by atoms with Gasteiger partial charge in [0.15, 0.2) is 5.69 Å². The van der Waals surface area contributed by atoms with Gasteiger partial charge in [0, 0.05) is 20.4 Å². The van der Waals surface area contributed by atoms with Gasteiger partial charge in [-0.3, -0.25) is 9.40 Å². The van der Waals surface area contributed by atoms with Crippen LogP contribution in [0.1, 0.15) is 17.7 Å². The van der Waals surface area contributed by atoms with E-state index in [1.807, 2.05) is 0 Å². The predicted molar refractivity (Wildman–Crippen MR) is 87.5 cm³/mol. The molecule has 138 valence electrons. The van der Waals surface area contributed by atoms with Crippen LogP contribution in [-0.2, 0) is 21.8 Å². The number of sulfonamides is 1. The lowest BCUT2D eigenvalue weighted by Crippen LogP contribution is -2.14. The van der Waals surface area contributed by atoms with Gasteiger partial charge in [-0.1, -0.05) is 0 Å². The van der Waals surface area contributed by atoms with Crippen LogP contribution in [0.3, 0.4) is 0 Å². The molecule has 0 unspecified atom stereocenters. The SMILES string of the molecule is COCCOc1ccc(S(=O)(=O)Nc2cn(C)nc2C(F)F)cc1C. The van der Waals surface area contributed by atoms with Crippen LogP contribution in [0.4, 0.5) is 14.5 Å². The molecule has 1 aromatic heterocycles. The molecule has 0 atom stereocenters. The molecule has 0 saturated heterocycles. The van der Waals surface area contributed by atoms with Crippen molar-refractivity contribution in [2.75, 3.05) is 25.0 Å². The Hall–Kier alpha value is -2.20. The van der Waals surface area contributed by atoms with E-state index in [4.69, 9.17) is 9.47 Å². The van der Waals surface area contributed by atoms with E-state index in [2.05, 4.69) is 9.82 Å². The highest BCUT2D eigenvalue weighted by Crippen LogP contribution is 2.28. The molecule has 0 aliphatic heterocycles. The maximum atomic E-state index is 12.9. The van der Waals surface area contributed by atoms with E-state index in [0.29, 0.717) is 24.5 Å². The van der Waals surface area contributed by atoms with Gasteiger partial charge in [0.2, 0.25) is 0 Å². The quantitative estimate of drug-likeness (QED) is 0.717. The second-order valence-corrected chi connectivity index (χ2v) is 6.96. The van der Waals surface area contributed by atoms with E-state index < -0.39 is 22.1 Å². The standard InChI is InChI=1S/C15H19F2N3O4S/c1-10-8-11(4-5-13(10)24-7-6-23-3)25(21,22)19-12-9-20(2)18-14(12)15(16)17/h4-5,8-9,15,19H,6-7H2,1-3H3. The number of methoxy groups -OCH3 is 1. The van der Waals surface area contributed by atoms with Crippen LogP contribution in [-0.4, -0.2) is 38.5 Å². The monoisotopic (exact) mass is 375 g/mol. The number of alkyl halides is 2. The average Bonchev–Trinajstić information content (AvgIpc) is 2.89. The van der Waals surface area contributed by atoms with Crippen LogP contribution in [0.15, 0.2) is 29.3 Å². The van der Waals surface area contributed by atoms with E-state index >= 15 is 0 Å². The minimum absolute atomic E-state index is 0.0619. The maximum absolute atomic E-state index is 12.9. The van der Waals surface area contributed by atoms with E-state index in [1.54, 1.807) is 14.0 Å². The summed E-state index contributed by atoms with van der Waals surface area (Å²) in [6.07, 6.45) is -1.70. The number of ether oxygens (including phenoxy) is 2. The fourth-order valence-corrected chi connectivity index (χ4v) is 3.28. The topological polar surface area (TPSA) is 82.5 Å². The Balaban J connectivity index is 2.24. The Kier molecular flexibility index (Phi) is 5.96. The molecule has 0 amide bonds. The third-order valence-electron chi connectivity index (χ3n) is 3.31. The second kappa shape index (κ2) is 7.79. The highest BCUT2D eigenvalue weighted by molar-refractivity contribution is 7.92. The summed E-state index contributed by atoms with van der Waals surface area (Å²) in [7, 11) is -1.06. The molecule has 1 aromatic carbocycles. The zero-order valence-electron chi connectivity index (χ0n) is 14.0. The first-order valence-electron chi connectivity index (χ1n) is 7.31. The van der Waals surface area contributed by atoms with Crippen molar-refractivity contribution in [1.29, 1.82) is 0 Å². The van der Waals surface area contributed by atoms with E-state index in [9.17, 15) is 17.2 Å². The number of rotatable bonds is 8. The Bertz CT molecular complexity index is 837. The van der Waals surface area contributed by atoms with Gasteiger partial charge in [0.25, 0.3) is 16.4 Å². The molecule has 0 radical (unpaired) electrons. The van der Waals surface area contributed by atoms with Crippen molar-refractivity contribution in [3.63, 3.8) is 0 Å². The molecule has 0 saturated carbocycles. The summed E-state index contributed by atoms with van der Waals surface area (Å²) in [6, 6.07) is 4.26. The second-order valence-electron chi connectivity index (χ2n) is 5.28. The van der Waals surface area contributed by atoms with Crippen molar-refractivity contribution in [2.45, 2.75) is 18.2 Å². The fraction of sp³-hybridized carbons (Fsp3) is 0.400. The minimum atomic E-state index is -4.04. The summed E-state index contributed by atoms with van der Waals surface area (Å²) in [5, 5.41) is 3.57. The molecule has 0 fully saturated rings. The lowest BCUT2D eigenvalue weighted by atomic mass is 10.2. The van der Waals surface area contributed by atoms with Gasteiger partial charge in [-0.05, 0) is 30.7 Å². The molecule has 0 spiro atoms. The van der Waals surface area contributed by atoms with Crippen molar-refractivity contribution in [3.05, 3.63) is 35.7 Å². The smallest absolute Gasteiger partial charge is 0.284 e. The summed E-state index contributed by atoms with van der Waals surface area (Å²) in [4.78, 5) is -0.0619. The largest absolute Gasteiger partial charge is 0.491 e. The van der Waals surface area contributed by atoms with Crippen molar-refractivity contribution >= 4 is 15.7 Å². The van der Waals surface area contributed by atoms with Gasteiger partial charge in [-0.25, -0.2) is 17.2 Å². The Morgan fingerprint density at radius 3 is 2.64 bits per heavy atom. The van der Waals surface area contributed by atoms with Crippen molar-refractivity contribution in [3.8, 4) is 5.75 Å². The van der Waals surface area contributed by atoms with Crippen molar-refractivity contribution < 1.29 is 26.7 Å². The Labute approximate surface area is 144 Å². The van der Waals surface area contributed by atoms with E-state index in [0.717, 1.165) is 4.68 Å². The van der Waals surface area contributed by atoms with Crippen LogP contribution in [0.25, 0.3) is 0 Å². The molecule has 1 heterocycles.